The first-order chi connectivity index (χ1) is 13.1. The summed E-state index contributed by atoms with van der Waals surface area (Å²) in [6, 6.07) is 12.2. The highest BCUT2D eigenvalue weighted by molar-refractivity contribution is 7.80. The van der Waals surface area contributed by atoms with Gasteiger partial charge < -0.3 is 24.3 Å². The van der Waals surface area contributed by atoms with Crippen LogP contribution >= 0.6 is 12.2 Å². The molecule has 0 aliphatic carbocycles. The predicted molar refractivity (Wildman–Crippen MR) is 107 cm³/mol. The van der Waals surface area contributed by atoms with Crippen LogP contribution in [0, 0.1) is 0 Å². The molecule has 144 valence electrons. The van der Waals surface area contributed by atoms with E-state index < -0.39 is 0 Å². The number of ether oxygens (including phenoxy) is 4. The maximum absolute atomic E-state index is 12.5. The van der Waals surface area contributed by atoms with Crippen molar-refractivity contribution in [3.8, 4) is 17.2 Å². The number of hydrogen-bond donors (Lipinski definition) is 2. The lowest BCUT2D eigenvalue weighted by atomic mass is 10.2. The molecule has 0 aliphatic heterocycles. The van der Waals surface area contributed by atoms with Crippen LogP contribution < -0.4 is 24.8 Å². The molecule has 0 aliphatic rings. The molecule has 0 saturated heterocycles. The highest BCUT2D eigenvalue weighted by Gasteiger charge is 2.14. The van der Waals surface area contributed by atoms with Gasteiger partial charge in [0.05, 0.1) is 26.4 Å². The van der Waals surface area contributed by atoms with E-state index in [1.54, 1.807) is 63.8 Å². The molecule has 27 heavy (non-hydrogen) atoms. The topological polar surface area (TPSA) is 78.1 Å². The maximum atomic E-state index is 12.5. The fourth-order valence-corrected chi connectivity index (χ4v) is 2.47. The Morgan fingerprint density at radius 3 is 2.41 bits per heavy atom. The van der Waals surface area contributed by atoms with E-state index in [4.69, 9.17) is 31.2 Å². The lowest BCUT2D eigenvalue weighted by Crippen LogP contribution is -2.34. The van der Waals surface area contributed by atoms with E-state index in [1.165, 1.54) is 0 Å². The molecule has 0 saturated carbocycles. The second-order valence-corrected chi connectivity index (χ2v) is 5.72. The van der Waals surface area contributed by atoms with E-state index in [2.05, 4.69) is 10.6 Å². The van der Waals surface area contributed by atoms with Crippen molar-refractivity contribution < 1.29 is 23.7 Å². The van der Waals surface area contributed by atoms with Crippen LogP contribution in [-0.4, -0.2) is 45.6 Å². The zero-order chi connectivity index (χ0) is 19.6. The van der Waals surface area contributed by atoms with Gasteiger partial charge in [0.25, 0.3) is 5.91 Å². The quantitative estimate of drug-likeness (QED) is 0.530. The van der Waals surface area contributed by atoms with Crippen LogP contribution in [0.15, 0.2) is 42.5 Å². The van der Waals surface area contributed by atoms with E-state index in [9.17, 15) is 4.79 Å². The fourth-order valence-electron chi connectivity index (χ4n) is 2.26. The Morgan fingerprint density at radius 1 is 0.963 bits per heavy atom. The average molecular weight is 390 g/mol. The SMILES string of the molecule is COCCOc1ccccc1C(=O)NC(=S)Nc1ccc(OC)c(OC)c1. The van der Waals surface area contributed by atoms with Gasteiger partial charge in [0.2, 0.25) is 0 Å². The van der Waals surface area contributed by atoms with E-state index in [1.807, 2.05) is 0 Å². The van der Waals surface area contributed by atoms with Gasteiger partial charge in [-0.05, 0) is 36.5 Å². The number of anilines is 1. The van der Waals surface area contributed by atoms with Crippen molar-refractivity contribution in [3.63, 3.8) is 0 Å². The van der Waals surface area contributed by atoms with Crippen molar-refractivity contribution in [2.24, 2.45) is 0 Å². The van der Waals surface area contributed by atoms with Crippen molar-refractivity contribution in [1.82, 2.24) is 5.32 Å². The fraction of sp³-hybridized carbons (Fsp3) is 0.263. The molecule has 2 aromatic carbocycles. The van der Waals surface area contributed by atoms with E-state index in [-0.39, 0.29) is 11.0 Å². The summed E-state index contributed by atoms with van der Waals surface area (Å²) in [6.45, 7) is 0.768. The van der Waals surface area contributed by atoms with Crippen molar-refractivity contribution in [2.75, 3.05) is 39.9 Å². The number of amides is 1. The van der Waals surface area contributed by atoms with Crippen molar-refractivity contribution in [1.29, 1.82) is 0 Å². The van der Waals surface area contributed by atoms with Gasteiger partial charge in [0.1, 0.15) is 12.4 Å². The molecular weight excluding hydrogens is 368 g/mol. The molecule has 7 nitrogen and oxygen atoms in total. The van der Waals surface area contributed by atoms with Crippen LogP contribution in [0.5, 0.6) is 17.2 Å². The lowest BCUT2D eigenvalue weighted by molar-refractivity contribution is 0.0970. The molecule has 2 rings (SSSR count). The summed E-state index contributed by atoms with van der Waals surface area (Å²) in [5, 5.41) is 5.73. The zero-order valence-electron chi connectivity index (χ0n) is 15.4. The molecule has 0 fully saturated rings. The monoisotopic (exact) mass is 390 g/mol. The molecule has 2 N–H and O–H groups in total. The van der Waals surface area contributed by atoms with Crippen molar-refractivity contribution in [3.05, 3.63) is 48.0 Å². The third-order valence-electron chi connectivity index (χ3n) is 3.55. The van der Waals surface area contributed by atoms with Gasteiger partial charge in [-0.25, -0.2) is 0 Å². The Morgan fingerprint density at radius 2 is 1.70 bits per heavy atom. The summed E-state index contributed by atoms with van der Waals surface area (Å²) in [4.78, 5) is 12.5. The normalized spacial score (nSPS) is 10.0. The molecule has 0 bridgehead atoms. The largest absolute Gasteiger partial charge is 0.493 e. The first-order valence-corrected chi connectivity index (χ1v) is 8.55. The van der Waals surface area contributed by atoms with Crippen LogP contribution in [0.1, 0.15) is 10.4 Å². The van der Waals surface area contributed by atoms with Crippen LogP contribution in [0.25, 0.3) is 0 Å². The van der Waals surface area contributed by atoms with Crippen LogP contribution in [0.4, 0.5) is 5.69 Å². The highest BCUT2D eigenvalue weighted by atomic mass is 32.1. The Bertz CT molecular complexity index is 797. The summed E-state index contributed by atoms with van der Waals surface area (Å²) in [5.41, 5.74) is 1.03. The van der Waals surface area contributed by atoms with Gasteiger partial charge in [0, 0.05) is 18.9 Å². The molecule has 2 aromatic rings. The molecule has 0 radical (unpaired) electrons. The minimum atomic E-state index is -0.374. The Labute approximate surface area is 163 Å². The number of thiocarbonyl (C=S) groups is 1. The maximum Gasteiger partial charge on any atom is 0.261 e. The smallest absolute Gasteiger partial charge is 0.261 e. The van der Waals surface area contributed by atoms with Gasteiger partial charge in [-0.2, -0.15) is 0 Å². The van der Waals surface area contributed by atoms with Crippen molar-refractivity contribution in [2.45, 2.75) is 0 Å². The van der Waals surface area contributed by atoms with E-state index >= 15 is 0 Å². The molecule has 0 heterocycles. The number of benzene rings is 2. The molecular formula is C19H22N2O5S. The van der Waals surface area contributed by atoms with Crippen LogP contribution in [0.3, 0.4) is 0 Å². The molecule has 0 spiro atoms. The molecule has 1 amide bonds. The predicted octanol–water partition coefficient (Wildman–Crippen LogP) is 2.86. The van der Waals surface area contributed by atoms with Gasteiger partial charge >= 0.3 is 0 Å². The Hall–Kier alpha value is -2.84. The van der Waals surface area contributed by atoms with Crippen LogP contribution in [-0.2, 0) is 4.74 Å². The number of carbonyl (C=O) groups is 1. The third-order valence-corrected chi connectivity index (χ3v) is 3.75. The van der Waals surface area contributed by atoms with Crippen molar-refractivity contribution >= 4 is 28.9 Å². The minimum absolute atomic E-state index is 0.152. The standard InChI is InChI=1S/C19H22N2O5S/c1-23-10-11-26-15-7-5-4-6-14(15)18(22)21-19(27)20-13-8-9-16(24-2)17(12-13)25-3/h4-9,12H,10-11H2,1-3H3,(H2,20,21,22,27). The van der Waals surface area contributed by atoms with Gasteiger partial charge in [-0.15, -0.1) is 0 Å². The highest BCUT2D eigenvalue weighted by Crippen LogP contribution is 2.29. The summed E-state index contributed by atoms with van der Waals surface area (Å²) >= 11 is 5.23. The minimum Gasteiger partial charge on any atom is -0.493 e. The number of methoxy groups -OCH3 is 3. The third kappa shape index (κ3) is 5.83. The first kappa shape index (κ1) is 20.5. The van der Waals surface area contributed by atoms with Gasteiger partial charge in [-0.1, -0.05) is 12.1 Å². The first-order valence-electron chi connectivity index (χ1n) is 8.14. The second kappa shape index (κ2) is 10.3. The van der Waals surface area contributed by atoms with E-state index in [0.29, 0.717) is 41.7 Å². The molecule has 0 aromatic heterocycles. The number of rotatable bonds is 8. The van der Waals surface area contributed by atoms with Gasteiger partial charge in [-0.3, -0.25) is 10.1 Å². The number of nitrogens with one attached hydrogen (secondary N) is 2. The average Bonchev–Trinajstić information content (AvgIpc) is 2.68. The van der Waals surface area contributed by atoms with Gasteiger partial charge in [0.15, 0.2) is 16.6 Å². The number of para-hydroxylation sites is 1. The van der Waals surface area contributed by atoms with Crippen LogP contribution in [0.2, 0.25) is 0 Å². The molecule has 8 heteroatoms. The second-order valence-electron chi connectivity index (χ2n) is 5.32. The van der Waals surface area contributed by atoms with E-state index in [0.717, 1.165) is 0 Å². The lowest BCUT2D eigenvalue weighted by Gasteiger charge is -2.14. The summed E-state index contributed by atoms with van der Waals surface area (Å²) in [5.74, 6) is 1.23. The summed E-state index contributed by atoms with van der Waals surface area (Å²) in [7, 11) is 4.68. The summed E-state index contributed by atoms with van der Waals surface area (Å²) in [6.07, 6.45) is 0. The summed E-state index contributed by atoms with van der Waals surface area (Å²) < 4.78 is 21.0. The number of carbonyl (C=O) groups excluding carboxylic acids is 1. The Kier molecular flexibility index (Phi) is 7.84. The zero-order valence-corrected chi connectivity index (χ0v) is 16.2. The number of hydrogen-bond acceptors (Lipinski definition) is 6. The molecule has 0 unspecified atom stereocenters. The molecule has 0 atom stereocenters. The Balaban J connectivity index is 2.03.